The summed E-state index contributed by atoms with van der Waals surface area (Å²) in [5, 5.41) is 1.88. The number of fused-ring (bicyclic) bond motifs is 3. The van der Waals surface area contributed by atoms with Crippen LogP contribution in [-0.4, -0.2) is 30.2 Å². The van der Waals surface area contributed by atoms with Crippen molar-refractivity contribution >= 4 is 22.5 Å². The van der Waals surface area contributed by atoms with Gasteiger partial charge >= 0.3 is 0 Å². The zero-order chi connectivity index (χ0) is 16.8. The first kappa shape index (κ1) is 15.5. The van der Waals surface area contributed by atoms with Crippen LogP contribution in [0.15, 0.2) is 36.4 Å². The monoisotopic (exact) mass is 344 g/mol. The van der Waals surface area contributed by atoms with Gasteiger partial charge in [0.05, 0.1) is 12.6 Å². The Balaban J connectivity index is 2.01. The maximum absolute atomic E-state index is 14.2. The first-order valence-corrected chi connectivity index (χ1v) is 8.30. The van der Waals surface area contributed by atoms with Gasteiger partial charge in [0.15, 0.2) is 11.6 Å². The second-order valence-corrected chi connectivity index (χ2v) is 6.67. The molecule has 0 aliphatic carbocycles. The molecule has 24 heavy (non-hydrogen) atoms. The van der Waals surface area contributed by atoms with E-state index < -0.39 is 0 Å². The van der Waals surface area contributed by atoms with Crippen molar-refractivity contribution in [3.8, 4) is 11.4 Å². The summed E-state index contributed by atoms with van der Waals surface area (Å²) >= 11 is 6.21. The smallest absolute Gasteiger partial charge is 0.167 e. The van der Waals surface area contributed by atoms with Crippen LogP contribution in [0.4, 0.5) is 4.39 Å². The van der Waals surface area contributed by atoms with E-state index in [0.29, 0.717) is 0 Å². The molecule has 1 aromatic heterocycles. The van der Waals surface area contributed by atoms with Gasteiger partial charge < -0.3 is 14.2 Å². The van der Waals surface area contributed by atoms with Crippen molar-refractivity contribution in [2.45, 2.75) is 13.0 Å². The number of halogens is 2. The van der Waals surface area contributed by atoms with Crippen LogP contribution in [0, 0.1) is 5.82 Å². The van der Waals surface area contributed by atoms with Gasteiger partial charge in [0.1, 0.15) is 0 Å². The molecule has 0 fully saturated rings. The Bertz CT molecular complexity index is 935. The lowest BCUT2D eigenvalue weighted by Gasteiger charge is -2.24. The summed E-state index contributed by atoms with van der Waals surface area (Å²) in [4.78, 5) is 2.28. The minimum absolute atomic E-state index is 0.254. The van der Waals surface area contributed by atoms with Gasteiger partial charge in [-0.05, 0) is 49.4 Å². The summed E-state index contributed by atoms with van der Waals surface area (Å²) in [6.07, 6.45) is 0.967. The molecular formula is C19H18ClFN2O. The molecule has 2 heterocycles. The summed E-state index contributed by atoms with van der Waals surface area (Å²) in [6, 6.07) is 11.0. The fourth-order valence-electron chi connectivity index (χ4n) is 3.55. The van der Waals surface area contributed by atoms with E-state index in [4.69, 9.17) is 16.3 Å². The summed E-state index contributed by atoms with van der Waals surface area (Å²) in [6.45, 7) is 1.84. The van der Waals surface area contributed by atoms with Gasteiger partial charge in [-0.3, -0.25) is 0 Å². The number of methoxy groups -OCH3 is 1. The van der Waals surface area contributed by atoms with Crippen molar-refractivity contribution in [2.75, 3.05) is 20.7 Å². The Morgan fingerprint density at radius 1 is 1.17 bits per heavy atom. The SMILES string of the molecule is COc1ccc(-n2c3c(c4cc(Cl)ccc42)CCN(C)C3)cc1F. The lowest BCUT2D eigenvalue weighted by Crippen LogP contribution is -2.27. The van der Waals surface area contributed by atoms with Crippen LogP contribution in [-0.2, 0) is 13.0 Å². The average Bonchev–Trinajstić information content (AvgIpc) is 2.87. The molecule has 0 atom stereocenters. The van der Waals surface area contributed by atoms with Crippen molar-refractivity contribution < 1.29 is 9.13 Å². The lowest BCUT2D eigenvalue weighted by atomic mass is 10.0. The number of ether oxygens (including phenoxy) is 1. The molecule has 124 valence electrons. The molecule has 0 N–H and O–H groups in total. The summed E-state index contributed by atoms with van der Waals surface area (Å²) in [7, 11) is 3.58. The van der Waals surface area contributed by atoms with Gasteiger partial charge in [-0.2, -0.15) is 0 Å². The van der Waals surface area contributed by atoms with Crippen molar-refractivity contribution in [3.63, 3.8) is 0 Å². The maximum atomic E-state index is 14.2. The first-order chi connectivity index (χ1) is 11.6. The highest BCUT2D eigenvalue weighted by Gasteiger charge is 2.23. The highest BCUT2D eigenvalue weighted by molar-refractivity contribution is 6.31. The number of likely N-dealkylation sites (N-methyl/N-ethyl adjacent to an activating group) is 1. The van der Waals surface area contributed by atoms with Crippen LogP contribution in [0.2, 0.25) is 5.02 Å². The molecule has 5 heteroatoms. The fraction of sp³-hybridized carbons (Fsp3) is 0.263. The molecular weight excluding hydrogens is 327 g/mol. The number of aromatic nitrogens is 1. The molecule has 0 saturated carbocycles. The molecule has 3 aromatic rings. The Morgan fingerprint density at radius 2 is 2.00 bits per heavy atom. The summed E-state index contributed by atoms with van der Waals surface area (Å²) in [5.74, 6) is -0.104. The molecule has 0 bridgehead atoms. The second kappa shape index (κ2) is 5.80. The fourth-order valence-corrected chi connectivity index (χ4v) is 3.72. The van der Waals surface area contributed by atoms with Crippen LogP contribution < -0.4 is 4.74 Å². The number of rotatable bonds is 2. The Hall–Kier alpha value is -2.04. The van der Waals surface area contributed by atoms with Gasteiger partial charge in [0, 0.05) is 40.9 Å². The van der Waals surface area contributed by atoms with E-state index in [9.17, 15) is 4.39 Å². The van der Waals surface area contributed by atoms with E-state index in [2.05, 4.69) is 16.5 Å². The highest BCUT2D eigenvalue weighted by Crippen LogP contribution is 2.35. The summed E-state index contributed by atoms with van der Waals surface area (Å²) < 4.78 is 21.4. The number of hydrogen-bond acceptors (Lipinski definition) is 2. The van der Waals surface area contributed by atoms with E-state index >= 15 is 0 Å². The maximum Gasteiger partial charge on any atom is 0.167 e. The van der Waals surface area contributed by atoms with E-state index in [0.717, 1.165) is 41.1 Å². The van der Waals surface area contributed by atoms with Crippen LogP contribution >= 0.6 is 11.6 Å². The van der Waals surface area contributed by atoms with Gasteiger partial charge in [-0.15, -0.1) is 0 Å². The van der Waals surface area contributed by atoms with E-state index in [1.807, 2.05) is 24.3 Å². The molecule has 4 rings (SSSR count). The Morgan fingerprint density at radius 3 is 2.75 bits per heavy atom. The van der Waals surface area contributed by atoms with Crippen molar-refractivity contribution in [2.24, 2.45) is 0 Å². The van der Waals surface area contributed by atoms with Crippen LogP contribution in [0.25, 0.3) is 16.6 Å². The minimum Gasteiger partial charge on any atom is -0.494 e. The molecule has 1 aliphatic rings. The zero-order valence-corrected chi connectivity index (χ0v) is 14.4. The quantitative estimate of drug-likeness (QED) is 0.684. The Kier molecular flexibility index (Phi) is 3.74. The van der Waals surface area contributed by atoms with Crippen LogP contribution in [0.1, 0.15) is 11.3 Å². The number of nitrogens with zero attached hydrogens (tertiary/aromatic N) is 2. The first-order valence-electron chi connectivity index (χ1n) is 7.92. The van der Waals surface area contributed by atoms with Gasteiger partial charge in [0.2, 0.25) is 0 Å². The van der Waals surface area contributed by atoms with E-state index in [1.165, 1.54) is 24.4 Å². The minimum atomic E-state index is -0.358. The molecule has 0 unspecified atom stereocenters. The molecule has 1 aliphatic heterocycles. The third-order valence-corrected chi connectivity index (χ3v) is 4.93. The van der Waals surface area contributed by atoms with Crippen LogP contribution in [0.5, 0.6) is 5.75 Å². The molecule has 0 spiro atoms. The van der Waals surface area contributed by atoms with E-state index in [1.54, 1.807) is 6.07 Å². The van der Waals surface area contributed by atoms with Gasteiger partial charge in [0.25, 0.3) is 0 Å². The van der Waals surface area contributed by atoms with Gasteiger partial charge in [-0.1, -0.05) is 11.6 Å². The average molecular weight is 345 g/mol. The zero-order valence-electron chi connectivity index (χ0n) is 13.6. The van der Waals surface area contributed by atoms with Crippen molar-refractivity contribution in [3.05, 3.63) is 58.5 Å². The van der Waals surface area contributed by atoms with Crippen molar-refractivity contribution in [1.29, 1.82) is 0 Å². The molecule has 3 nitrogen and oxygen atoms in total. The topological polar surface area (TPSA) is 17.4 Å². The largest absolute Gasteiger partial charge is 0.494 e. The number of hydrogen-bond donors (Lipinski definition) is 0. The van der Waals surface area contributed by atoms with Crippen LogP contribution in [0.3, 0.4) is 0 Å². The summed E-state index contributed by atoms with van der Waals surface area (Å²) in [5.41, 5.74) is 4.37. The molecule has 0 radical (unpaired) electrons. The predicted molar refractivity (Wildman–Crippen MR) is 94.8 cm³/mol. The molecule has 2 aromatic carbocycles. The van der Waals surface area contributed by atoms with Gasteiger partial charge in [-0.25, -0.2) is 4.39 Å². The number of benzene rings is 2. The molecule has 0 saturated heterocycles. The second-order valence-electron chi connectivity index (χ2n) is 6.23. The Labute approximate surface area is 145 Å². The highest BCUT2D eigenvalue weighted by atomic mass is 35.5. The van der Waals surface area contributed by atoms with E-state index in [-0.39, 0.29) is 11.6 Å². The third kappa shape index (κ3) is 2.38. The molecule has 0 amide bonds. The normalized spacial score (nSPS) is 14.8. The lowest BCUT2D eigenvalue weighted by molar-refractivity contribution is 0.307. The van der Waals surface area contributed by atoms with Crippen molar-refractivity contribution in [1.82, 2.24) is 9.47 Å². The standard InChI is InChI=1S/C19H18ClFN2O/c1-22-8-7-14-15-9-12(20)3-5-17(15)23(18(14)11-22)13-4-6-19(24-2)16(21)10-13/h3-6,9-10H,7-8,11H2,1-2H3. The third-order valence-electron chi connectivity index (χ3n) is 4.70. The predicted octanol–water partition coefficient (Wildman–Crippen LogP) is 4.42.